The minimum atomic E-state index is -0.220. The van der Waals surface area contributed by atoms with Crippen molar-refractivity contribution >= 4 is 11.8 Å². The van der Waals surface area contributed by atoms with E-state index >= 15 is 0 Å². The summed E-state index contributed by atoms with van der Waals surface area (Å²) in [5.74, 6) is 2.03. The van der Waals surface area contributed by atoms with Gasteiger partial charge in [-0.25, -0.2) is 4.39 Å². The third-order valence-corrected chi connectivity index (χ3v) is 5.36. The highest BCUT2D eigenvalue weighted by Crippen LogP contribution is 2.27. The van der Waals surface area contributed by atoms with E-state index in [0.29, 0.717) is 5.75 Å². The minimum absolute atomic E-state index is 0.214. The highest BCUT2D eigenvalue weighted by Gasteiger charge is 2.18. The SMILES string of the molecule is CCc1ccc(OC(C)c2nnc(SCc3cccc(F)c3)n2CC)cc1. The molecule has 0 amide bonds. The number of thioether (sulfide) groups is 1. The van der Waals surface area contributed by atoms with Crippen molar-refractivity contribution in [1.29, 1.82) is 0 Å². The van der Waals surface area contributed by atoms with Crippen LogP contribution in [0, 0.1) is 5.82 Å². The largest absolute Gasteiger partial charge is 0.483 e. The van der Waals surface area contributed by atoms with E-state index in [0.717, 1.165) is 35.3 Å². The first-order valence-electron chi connectivity index (χ1n) is 9.16. The van der Waals surface area contributed by atoms with E-state index in [2.05, 4.69) is 40.7 Å². The summed E-state index contributed by atoms with van der Waals surface area (Å²) >= 11 is 1.55. The van der Waals surface area contributed by atoms with Gasteiger partial charge in [-0.05, 0) is 55.7 Å². The summed E-state index contributed by atoms with van der Waals surface area (Å²) in [6.45, 7) is 6.91. The summed E-state index contributed by atoms with van der Waals surface area (Å²) in [6.07, 6.45) is 0.791. The van der Waals surface area contributed by atoms with Crippen LogP contribution in [-0.4, -0.2) is 14.8 Å². The van der Waals surface area contributed by atoms with Crippen LogP contribution < -0.4 is 4.74 Å². The maximum Gasteiger partial charge on any atom is 0.191 e. The van der Waals surface area contributed by atoms with Crippen molar-refractivity contribution in [3.63, 3.8) is 0 Å². The van der Waals surface area contributed by atoms with Gasteiger partial charge < -0.3 is 9.30 Å². The second-order valence-electron chi connectivity index (χ2n) is 6.26. The fourth-order valence-electron chi connectivity index (χ4n) is 2.84. The van der Waals surface area contributed by atoms with Crippen molar-refractivity contribution in [3.8, 4) is 5.75 Å². The Morgan fingerprint density at radius 2 is 1.85 bits per heavy atom. The first kappa shape index (κ1) is 19.4. The third-order valence-electron chi connectivity index (χ3n) is 4.33. The van der Waals surface area contributed by atoms with Crippen LogP contribution in [0.15, 0.2) is 53.7 Å². The molecular formula is C21H24FN3OS. The number of aromatic nitrogens is 3. The van der Waals surface area contributed by atoms with E-state index in [1.165, 1.54) is 11.6 Å². The number of rotatable bonds is 8. The molecule has 1 aromatic heterocycles. The van der Waals surface area contributed by atoms with Gasteiger partial charge in [0.25, 0.3) is 0 Å². The molecule has 0 aliphatic rings. The van der Waals surface area contributed by atoms with E-state index in [9.17, 15) is 4.39 Å². The van der Waals surface area contributed by atoms with Gasteiger partial charge in [0.15, 0.2) is 17.1 Å². The fourth-order valence-corrected chi connectivity index (χ4v) is 3.79. The average Bonchev–Trinajstić information content (AvgIpc) is 3.10. The summed E-state index contributed by atoms with van der Waals surface area (Å²) in [4.78, 5) is 0. The zero-order valence-corrected chi connectivity index (χ0v) is 16.7. The summed E-state index contributed by atoms with van der Waals surface area (Å²) in [7, 11) is 0. The van der Waals surface area contributed by atoms with Crippen LogP contribution in [0.2, 0.25) is 0 Å². The summed E-state index contributed by atoms with van der Waals surface area (Å²) in [6, 6.07) is 14.8. The molecule has 1 heterocycles. The van der Waals surface area contributed by atoms with Gasteiger partial charge >= 0.3 is 0 Å². The lowest BCUT2D eigenvalue weighted by molar-refractivity contribution is 0.210. The standard InChI is InChI=1S/C21H24FN3OS/c1-4-16-9-11-19(12-10-16)26-15(3)20-23-24-21(25(20)5-2)27-14-17-7-6-8-18(22)13-17/h6-13,15H,4-5,14H2,1-3H3. The van der Waals surface area contributed by atoms with Gasteiger partial charge in [-0.15, -0.1) is 10.2 Å². The van der Waals surface area contributed by atoms with Crippen molar-refractivity contribution < 1.29 is 9.13 Å². The molecule has 0 saturated heterocycles. The first-order valence-corrected chi connectivity index (χ1v) is 10.1. The lowest BCUT2D eigenvalue weighted by atomic mass is 10.2. The monoisotopic (exact) mass is 385 g/mol. The Balaban J connectivity index is 1.70. The number of aryl methyl sites for hydroxylation is 1. The summed E-state index contributed by atoms with van der Waals surface area (Å²) in [5.41, 5.74) is 2.20. The number of hydrogen-bond acceptors (Lipinski definition) is 4. The number of nitrogens with zero attached hydrogens (tertiary/aromatic N) is 3. The predicted octanol–water partition coefficient (Wildman–Crippen LogP) is 5.43. The van der Waals surface area contributed by atoms with Crippen LogP contribution in [0.5, 0.6) is 5.75 Å². The number of halogens is 1. The number of hydrogen-bond donors (Lipinski definition) is 0. The Morgan fingerprint density at radius 1 is 1.07 bits per heavy atom. The first-order chi connectivity index (χ1) is 13.1. The molecule has 1 atom stereocenters. The van der Waals surface area contributed by atoms with E-state index < -0.39 is 0 Å². The highest BCUT2D eigenvalue weighted by molar-refractivity contribution is 7.98. The summed E-state index contributed by atoms with van der Waals surface area (Å²) in [5, 5.41) is 9.47. The zero-order chi connectivity index (χ0) is 19.2. The Hall–Kier alpha value is -2.34. The van der Waals surface area contributed by atoms with E-state index in [1.807, 2.05) is 25.1 Å². The second-order valence-corrected chi connectivity index (χ2v) is 7.20. The second kappa shape index (κ2) is 9.04. The maximum atomic E-state index is 13.3. The normalized spacial score (nSPS) is 12.1. The molecule has 4 nitrogen and oxygen atoms in total. The van der Waals surface area contributed by atoms with Gasteiger partial charge in [-0.2, -0.15) is 0 Å². The van der Waals surface area contributed by atoms with Crippen molar-refractivity contribution in [3.05, 3.63) is 71.3 Å². The van der Waals surface area contributed by atoms with Gasteiger partial charge in [-0.1, -0.05) is 43.0 Å². The molecule has 2 aromatic carbocycles. The third kappa shape index (κ3) is 4.89. The van der Waals surface area contributed by atoms with Crippen LogP contribution in [-0.2, 0) is 18.7 Å². The lowest BCUT2D eigenvalue weighted by Crippen LogP contribution is -2.12. The van der Waals surface area contributed by atoms with Crippen LogP contribution in [0.1, 0.15) is 43.8 Å². The van der Waals surface area contributed by atoms with Crippen molar-refractivity contribution in [2.45, 2.75) is 50.8 Å². The quantitative estimate of drug-likeness (QED) is 0.485. The van der Waals surface area contributed by atoms with Gasteiger partial charge in [0.2, 0.25) is 0 Å². The van der Waals surface area contributed by atoms with Crippen molar-refractivity contribution in [2.75, 3.05) is 0 Å². The molecule has 0 fully saturated rings. The average molecular weight is 386 g/mol. The predicted molar refractivity (Wildman–Crippen MR) is 107 cm³/mol. The molecule has 0 N–H and O–H groups in total. The topological polar surface area (TPSA) is 39.9 Å². The van der Waals surface area contributed by atoms with Crippen molar-refractivity contribution in [1.82, 2.24) is 14.8 Å². The Labute approximate surface area is 163 Å². The Morgan fingerprint density at radius 3 is 2.52 bits per heavy atom. The van der Waals surface area contributed by atoms with Crippen LogP contribution in [0.4, 0.5) is 4.39 Å². The fraction of sp³-hybridized carbons (Fsp3) is 0.333. The minimum Gasteiger partial charge on any atom is -0.483 e. The lowest BCUT2D eigenvalue weighted by Gasteiger charge is -2.16. The molecule has 3 rings (SSSR count). The molecule has 6 heteroatoms. The molecule has 0 radical (unpaired) electrons. The zero-order valence-electron chi connectivity index (χ0n) is 15.9. The van der Waals surface area contributed by atoms with E-state index in [1.54, 1.807) is 23.9 Å². The molecule has 3 aromatic rings. The molecular weight excluding hydrogens is 361 g/mol. The smallest absolute Gasteiger partial charge is 0.191 e. The maximum absolute atomic E-state index is 13.3. The molecule has 0 bridgehead atoms. The summed E-state index contributed by atoms with van der Waals surface area (Å²) < 4.78 is 21.4. The molecule has 27 heavy (non-hydrogen) atoms. The molecule has 0 saturated carbocycles. The van der Waals surface area contributed by atoms with Gasteiger partial charge in [0, 0.05) is 12.3 Å². The van der Waals surface area contributed by atoms with E-state index in [4.69, 9.17) is 4.74 Å². The van der Waals surface area contributed by atoms with Gasteiger partial charge in [0.1, 0.15) is 11.6 Å². The van der Waals surface area contributed by atoms with Crippen molar-refractivity contribution in [2.24, 2.45) is 0 Å². The Bertz CT molecular complexity index is 879. The Kier molecular flexibility index (Phi) is 6.50. The molecule has 0 aliphatic heterocycles. The van der Waals surface area contributed by atoms with Crippen LogP contribution >= 0.6 is 11.8 Å². The molecule has 1 unspecified atom stereocenters. The molecule has 0 spiro atoms. The number of ether oxygens (including phenoxy) is 1. The van der Waals surface area contributed by atoms with Gasteiger partial charge in [-0.3, -0.25) is 0 Å². The number of benzene rings is 2. The van der Waals surface area contributed by atoms with Gasteiger partial charge in [0.05, 0.1) is 0 Å². The van der Waals surface area contributed by atoms with E-state index in [-0.39, 0.29) is 11.9 Å². The van der Waals surface area contributed by atoms with Crippen LogP contribution in [0.3, 0.4) is 0 Å². The molecule has 142 valence electrons. The van der Waals surface area contributed by atoms with Crippen LogP contribution in [0.25, 0.3) is 0 Å². The molecule has 0 aliphatic carbocycles. The highest BCUT2D eigenvalue weighted by atomic mass is 32.2.